The van der Waals surface area contributed by atoms with Gasteiger partial charge in [0.25, 0.3) is 0 Å². The molecule has 1 aliphatic rings. The van der Waals surface area contributed by atoms with Crippen LogP contribution in [0, 0.1) is 13.8 Å². The number of piperidine rings is 1. The van der Waals surface area contributed by atoms with Gasteiger partial charge in [0.05, 0.1) is 23.4 Å². The van der Waals surface area contributed by atoms with E-state index < -0.39 is 11.8 Å². The van der Waals surface area contributed by atoms with Gasteiger partial charge < -0.3 is 20.4 Å². The number of likely N-dealkylation sites (tertiary alicyclic amines) is 1. The number of hydrogen-bond donors (Lipinski definition) is 3. The normalized spacial score (nSPS) is 16.9. The minimum absolute atomic E-state index is 0.0959. The number of halogens is 2. The van der Waals surface area contributed by atoms with E-state index in [9.17, 15) is 9.90 Å². The van der Waals surface area contributed by atoms with Crippen LogP contribution in [0.4, 0.5) is 14.9 Å². The number of aliphatic hydroxyl groups is 2. The summed E-state index contributed by atoms with van der Waals surface area (Å²) in [5.74, 6) is 0. The number of nitrogens with zero attached hydrogens (tertiary/aromatic N) is 2. The number of urea groups is 1. The molecule has 0 unspecified atom stereocenters. The number of aromatic nitrogens is 1. The topological polar surface area (TPSA) is 85.7 Å². The van der Waals surface area contributed by atoms with Gasteiger partial charge in [0.15, 0.2) is 5.67 Å². The molecule has 1 aromatic carbocycles. The highest BCUT2D eigenvalue weighted by Gasteiger charge is 2.40. The molecule has 2 heterocycles. The standard InChI is InChI=1S/C22H27ClFN3O3/c1-14-3-4-17(9-15(14)2)26-21(30)27-7-5-22(24,6-8-27)20-19(23)11-16(12-25-20)10-18(29)13-28/h3-4,9,11-12,18,28-29H,5-8,10,13H2,1-2H3,(H,26,30)/t18-/m1/s1. The lowest BCUT2D eigenvalue weighted by Gasteiger charge is -2.36. The second-order valence-electron chi connectivity index (χ2n) is 7.90. The molecule has 0 spiro atoms. The molecule has 3 rings (SSSR count). The maximum Gasteiger partial charge on any atom is 0.321 e. The van der Waals surface area contributed by atoms with Crippen LogP contribution >= 0.6 is 11.6 Å². The third-order valence-corrected chi connectivity index (χ3v) is 5.89. The Hall–Kier alpha value is -2.22. The smallest absolute Gasteiger partial charge is 0.321 e. The number of hydrogen-bond acceptors (Lipinski definition) is 4. The van der Waals surface area contributed by atoms with Gasteiger partial charge in [-0.1, -0.05) is 17.7 Å². The fraction of sp³-hybridized carbons (Fsp3) is 0.455. The van der Waals surface area contributed by atoms with Crippen LogP contribution in [-0.4, -0.2) is 51.9 Å². The highest BCUT2D eigenvalue weighted by molar-refractivity contribution is 6.31. The lowest BCUT2D eigenvalue weighted by atomic mass is 9.89. The van der Waals surface area contributed by atoms with Crippen molar-refractivity contribution in [3.63, 3.8) is 0 Å². The average Bonchev–Trinajstić information content (AvgIpc) is 2.71. The van der Waals surface area contributed by atoms with Crippen LogP contribution < -0.4 is 5.32 Å². The molecule has 1 aliphatic heterocycles. The number of rotatable bonds is 5. The van der Waals surface area contributed by atoms with Gasteiger partial charge in [0.1, 0.15) is 0 Å². The number of pyridine rings is 1. The van der Waals surface area contributed by atoms with E-state index in [-0.39, 0.29) is 55.7 Å². The van der Waals surface area contributed by atoms with E-state index in [2.05, 4.69) is 10.3 Å². The molecule has 0 saturated carbocycles. The Morgan fingerprint density at radius 2 is 2.00 bits per heavy atom. The minimum atomic E-state index is -1.72. The van der Waals surface area contributed by atoms with Crippen molar-refractivity contribution in [1.82, 2.24) is 9.88 Å². The maximum absolute atomic E-state index is 15.6. The fourth-order valence-electron chi connectivity index (χ4n) is 3.58. The van der Waals surface area contributed by atoms with Crippen molar-refractivity contribution in [3.05, 3.63) is 57.9 Å². The Bertz CT molecular complexity index is 916. The summed E-state index contributed by atoms with van der Waals surface area (Å²) in [6.07, 6.45) is 0.944. The number of benzene rings is 1. The maximum atomic E-state index is 15.6. The molecule has 8 heteroatoms. The van der Waals surface area contributed by atoms with Crippen molar-refractivity contribution in [2.45, 2.75) is 44.9 Å². The van der Waals surface area contributed by atoms with Gasteiger partial charge in [-0.2, -0.15) is 0 Å². The first-order chi connectivity index (χ1) is 14.2. The zero-order valence-electron chi connectivity index (χ0n) is 17.2. The van der Waals surface area contributed by atoms with Crippen LogP contribution in [0.25, 0.3) is 0 Å². The van der Waals surface area contributed by atoms with Crippen LogP contribution in [0.1, 0.15) is 35.2 Å². The molecule has 3 N–H and O–H groups in total. The summed E-state index contributed by atoms with van der Waals surface area (Å²) in [6, 6.07) is 7.03. The number of aryl methyl sites for hydroxylation is 2. The zero-order chi connectivity index (χ0) is 21.9. The van der Waals surface area contributed by atoms with E-state index in [1.54, 1.807) is 11.0 Å². The van der Waals surface area contributed by atoms with Crippen LogP contribution in [-0.2, 0) is 12.1 Å². The SMILES string of the molecule is Cc1ccc(NC(=O)N2CCC(F)(c3ncc(C[C@@H](O)CO)cc3Cl)CC2)cc1C. The third kappa shape index (κ3) is 5.09. The molecule has 2 aromatic rings. The Morgan fingerprint density at radius 3 is 2.60 bits per heavy atom. The van der Waals surface area contributed by atoms with E-state index in [0.717, 1.165) is 11.1 Å². The van der Waals surface area contributed by atoms with Gasteiger partial charge in [-0.05, 0) is 48.7 Å². The van der Waals surface area contributed by atoms with E-state index >= 15 is 4.39 Å². The summed E-state index contributed by atoms with van der Waals surface area (Å²) in [5, 5.41) is 21.6. The lowest BCUT2D eigenvalue weighted by molar-refractivity contribution is 0.0683. The lowest BCUT2D eigenvalue weighted by Crippen LogP contribution is -2.45. The number of nitrogens with one attached hydrogen (secondary N) is 1. The van der Waals surface area contributed by atoms with E-state index in [0.29, 0.717) is 11.3 Å². The molecule has 162 valence electrons. The molecule has 0 aliphatic carbocycles. The van der Waals surface area contributed by atoms with Crippen molar-refractivity contribution in [3.8, 4) is 0 Å². The summed E-state index contributed by atoms with van der Waals surface area (Å²) in [7, 11) is 0. The van der Waals surface area contributed by atoms with Crippen molar-refractivity contribution < 1.29 is 19.4 Å². The first-order valence-corrected chi connectivity index (χ1v) is 10.4. The summed E-state index contributed by atoms with van der Waals surface area (Å²) < 4.78 is 15.6. The second kappa shape index (κ2) is 9.29. The van der Waals surface area contributed by atoms with Crippen LogP contribution in [0.2, 0.25) is 5.02 Å². The monoisotopic (exact) mass is 435 g/mol. The van der Waals surface area contributed by atoms with E-state index in [4.69, 9.17) is 16.7 Å². The minimum Gasteiger partial charge on any atom is -0.394 e. The number of carbonyl (C=O) groups is 1. The van der Waals surface area contributed by atoms with Gasteiger partial charge in [-0.25, -0.2) is 9.18 Å². The fourth-order valence-corrected chi connectivity index (χ4v) is 3.94. The Kier molecular flexibility index (Phi) is 6.95. The van der Waals surface area contributed by atoms with Gasteiger partial charge in [-0.15, -0.1) is 0 Å². The first kappa shape index (κ1) is 22.5. The molecule has 1 saturated heterocycles. The first-order valence-electron chi connectivity index (χ1n) is 9.98. The Morgan fingerprint density at radius 1 is 1.30 bits per heavy atom. The summed E-state index contributed by atoms with van der Waals surface area (Å²) in [6.45, 7) is 4.11. The number of aliphatic hydroxyl groups excluding tert-OH is 2. The van der Waals surface area contributed by atoms with Gasteiger partial charge >= 0.3 is 6.03 Å². The molecule has 6 nitrogen and oxygen atoms in total. The van der Waals surface area contributed by atoms with Crippen molar-refractivity contribution >= 4 is 23.3 Å². The summed E-state index contributed by atoms with van der Waals surface area (Å²) >= 11 is 6.27. The van der Waals surface area contributed by atoms with Crippen molar-refractivity contribution in [1.29, 1.82) is 0 Å². The zero-order valence-corrected chi connectivity index (χ0v) is 17.9. The van der Waals surface area contributed by atoms with Gasteiger partial charge in [-0.3, -0.25) is 4.98 Å². The van der Waals surface area contributed by atoms with Crippen LogP contribution in [0.3, 0.4) is 0 Å². The predicted molar refractivity (Wildman–Crippen MR) is 115 cm³/mol. The predicted octanol–water partition coefficient (Wildman–Crippen LogP) is 3.74. The summed E-state index contributed by atoms with van der Waals surface area (Å²) in [4.78, 5) is 18.3. The van der Waals surface area contributed by atoms with E-state index in [1.807, 2.05) is 32.0 Å². The van der Waals surface area contributed by atoms with Gasteiger partial charge in [0, 0.05) is 44.2 Å². The largest absolute Gasteiger partial charge is 0.394 e. The van der Waals surface area contributed by atoms with Gasteiger partial charge in [0.2, 0.25) is 0 Å². The van der Waals surface area contributed by atoms with Crippen LogP contribution in [0.5, 0.6) is 0 Å². The number of amides is 2. The van der Waals surface area contributed by atoms with Crippen LogP contribution in [0.15, 0.2) is 30.5 Å². The van der Waals surface area contributed by atoms with Crippen molar-refractivity contribution in [2.75, 3.05) is 25.0 Å². The third-order valence-electron chi connectivity index (χ3n) is 5.61. The molecule has 1 aromatic heterocycles. The highest BCUT2D eigenvalue weighted by Crippen LogP contribution is 2.39. The average molecular weight is 436 g/mol. The molecule has 30 heavy (non-hydrogen) atoms. The molecule has 0 bridgehead atoms. The molecular formula is C22H27ClFN3O3. The second-order valence-corrected chi connectivity index (χ2v) is 8.30. The number of carbonyl (C=O) groups excluding carboxylic acids is 1. The Balaban J connectivity index is 1.63. The molecule has 0 radical (unpaired) electrons. The van der Waals surface area contributed by atoms with Crippen molar-refractivity contribution in [2.24, 2.45) is 0 Å². The molecular weight excluding hydrogens is 409 g/mol. The number of alkyl halides is 1. The molecule has 1 fully saturated rings. The Labute approximate surface area is 180 Å². The number of anilines is 1. The molecule has 1 atom stereocenters. The quantitative estimate of drug-likeness (QED) is 0.667. The highest BCUT2D eigenvalue weighted by atomic mass is 35.5. The van der Waals surface area contributed by atoms with E-state index in [1.165, 1.54) is 6.20 Å². The summed E-state index contributed by atoms with van der Waals surface area (Å²) in [5.41, 5.74) is 2.01. The molecule has 2 amide bonds.